The summed E-state index contributed by atoms with van der Waals surface area (Å²) in [6, 6.07) is 10.7. The Hall–Kier alpha value is -3.20. The number of urea groups is 1. The summed E-state index contributed by atoms with van der Waals surface area (Å²) in [6.07, 6.45) is 0. The van der Waals surface area contributed by atoms with Crippen LogP contribution in [0.15, 0.2) is 36.4 Å². The van der Waals surface area contributed by atoms with Gasteiger partial charge in [0.1, 0.15) is 5.69 Å². The fraction of sp³-hybridized carbons (Fsp3) is 0.381. The molecule has 1 aliphatic rings. The molecule has 3 amide bonds. The van der Waals surface area contributed by atoms with E-state index >= 15 is 0 Å². The second-order valence-electron chi connectivity index (χ2n) is 7.03. The number of carbonyl (C=O) groups excluding carboxylic acids is 2. The number of rotatable bonds is 6. The Kier molecular flexibility index (Phi) is 7.18. The van der Waals surface area contributed by atoms with Crippen molar-refractivity contribution in [2.75, 3.05) is 50.0 Å². The molecule has 3 N–H and O–H groups in total. The normalized spacial score (nSPS) is 14.3. The highest BCUT2D eigenvalue weighted by molar-refractivity contribution is 5.92. The second-order valence-corrected chi connectivity index (χ2v) is 7.03. The van der Waals surface area contributed by atoms with Crippen LogP contribution in [0, 0.1) is 5.95 Å². The summed E-state index contributed by atoms with van der Waals surface area (Å²) >= 11 is 0. The number of halogens is 1. The third-order valence-electron chi connectivity index (χ3n) is 4.93. The molecule has 0 unspecified atom stereocenters. The Bertz CT molecular complexity index is 899. The van der Waals surface area contributed by atoms with Gasteiger partial charge in [0.25, 0.3) is 5.91 Å². The fourth-order valence-corrected chi connectivity index (χ4v) is 3.41. The van der Waals surface area contributed by atoms with Crippen molar-refractivity contribution >= 4 is 23.3 Å². The Balaban J connectivity index is 1.56. The lowest BCUT2D eigenvalue weighted by atomic mass is 10.1. The first-order chi connectivity index (χ1) is 14.5. The van der Waals surface area contributed by atoms with E-state index in [2.05, 4.69) is 25.8 Å². The Labute approximate surface area is 175 Å². The minimum Gasteiger partial charge on any atom is -0.365 e. The Morgan fingerprint density at radius 1 is 1.13 bits per heavy atom. The molecule has 0 atom stereocenters. The maximum atomic E-state index is 14.4. The third-order valence-corrected chi connectivity index (χ3v) is 4.93. The van der Waals surface area contributed by atoms with Gasteiger partial charge >= 0.3 is 6.03 Å². The molecule has 1 aromatic heterocycles. The van der Waals surface area contributed by atoms with Gasteiger partial charge in [-0.05, 0) is 36.8 Å². The summed E-state index contributed by atoms with van der Waals surface area (Å²) in [7, 11) is 1.49. The zero-order valence-corrected chi connectivity index (χ0v) is 17.2. The Morgan fingerprint density at radius 3 is 2.57 bits per heavy atom. The van der Waals surface area contributed by atoms with Gasteiger partial charge in [-0.1, -0.05) is 12.1 Å². The first kappa shape index (κ1) is 21.5. The van der Waals surface area contributed by atoms with Crippen LogP contribution < -0.4 is 20.9 Å². The molecule has 8 nitrogen and oxygen atoms in total. The SMILES string of the molecule is CCNC(=O)Nc1cccc(CN2CCN(c3ccc(C(=O)NC)nc3F)CC2)c1. The van der Waals surface area contributed by atoms with E-state index < -0.39 is 11.9 Å². The molecule has 0 saturated carbocycles. The molecule has 1 fully saturated rings. The Morgan fingerprint density at radius 2 is 1.90 bits per heavy atom. The predicted molar refractivity (Wildman–Crippen MR) is 114 cm³/mol. The van der Waals surface area contributed by atoms with Crippen LogP contribution in [-0.4, -0.2) is 61.6 Å². The number of benzene rings is 1. The molecule has 1 saturated heterocycles. The number of pyridine rings is 1. The number of hydrogen-bond donors (Lipinski definition) is 3. The van der Waals surface area contributed by atoms with Crippen LogP contribution in [0.2, 0.25) is 0 Å². The zero-order chi connectivity index (χ0) is 21.5. The van der Waals surface area contributed by atoms with Crippen molar-refractivity contribution in [3.63, 3.8) is 0 Å². The molecule has 0 aliphatic carbocycles. The van der Waals surface area contributed by atoms with Gasteiger partial charge in [0.15, 0.2) is 0 Å². The maximum absolute atomic E-state index is 14.4. The van der Waals surface area contributed by atoms with E-state index in [1.807, 2.05) is 36.1 Å². The van der Waals surface area contributed by atoms with Gasteiger partial charge in [0, 0.05) is 52.0 Å². The summed E-state index contributed by atoms with van der Waals surface area (Å²) in [4.78, 5) is 31.3. The van der Waals surface area contributed by atoms with E-state index in [-0.39, 0.29) is 11.7 Å². The molecule has 3 rings (SSSR count). The molecule has 2 aromatic rings. The number of amides is 3. The fourth-order valence-electron chi connectivity index (χ4n) is 3.41. The van der Waals surface area contributed by atoms with Gasteiger partial charge in [0.2, 0.25) is 5.95 Å². The molecule has 2 heterocycles. The molecule has 30 heavy (non-hydrogen) atoms. The quantitative estimate of drug-likeness (QED) is 0.630. The van der Waals surface area contributed by atoms with Crippen LogP contribution in [0.3, 0.4) is 0 Å². The highest BCUT2D eigenvalue weighted by Crippen LogP contribution is 2.21. The highest BCUT2D eigenvalue weighted by Gasteiger charge is 2.21. The molecule has 1 aromatic carbocycles. The van der Waals surface area contributed by atoms with Crippen molar-refractivity contribution in [1.82, 2.24) is 20.5 Å². The van der Waals surface area contributed by atoms with Crippen LogP contribution in [0.5, 0.6) is 0 Å². The van der Waals surface area contributed by atoms with E-state index in [1.54, 1.807) is 6.07 Å². The van der Waals surface area contributed by atoms with Crippen LogP contribution in [0.25, 0.3) is 0 Å². The van der Waals surface area contributed by atoms with Gasteiger partial charge in [-0.3, -0.25) is 9.69 Å². The molecule has 0 radical (unpaired) electrons. The summed E-state index contributed by atoms with van der Waals surface area (Å²) in [5, 5.41) is 7.97. The number of aromatic nitrogens is 1. The number of nitrogens with one attached hydrogen (secondary N) is 3. The van der Waals surface area contributed by atoms with Crippen LogP contribution in [0.1, 0.15) is 23.0 Å². The lowest BCUT2D eigenvalue weighted by molar-refractivity contribution is 0.0957. The lowest BCUT2D eigenvalue weighted by Gasteiger charge is -2.36. The third kappa shape index (κ3) is 5.44. The first-order valence-corrected chi connectivity index (χ1v) is 10.00. The summed E-state index contributed by atoms with van der Waals surface area (Å²) < 4.78 is 14.4. The van der Waals surface area contributed by atoms with Crippen molar-refractivity contribution in [2.24, 2.45) is 0 Å². The maximum Gasteiger partial charge on any atom is 0.319 e. The van der Waals surface area contributed by atoms with Crippen LogP contribution >= 0.6 is 0 Å². The van der Waals surface area contributed by atoms with E-state index in [0.29, 0.717) is 25.3 Å². The van der Waals surface area contributed by atoms with Gasteiger partial charge in [-0.25, -0.2) is 9.78 Å². The standard InChI is InChI=1S/C21H27FN6O2/c1-3-24-21(30)25-16-6-4-5-15(13-16)14-27-9-11-28(12-10-27)18-8-7-17(20(29)23-2)26-19(18)22/h4-8,13H,3,9-12,14H2,1-2H3,(H,23,29)(H2,24,25,30). The summed E-state index contributed by atoms with van der Waals surface area (Å²) in [5.41, 5.74) is 2.33. The number of anilines is 2. The van der Waals surface area contributed by atoms with E-state index in [0.717, 1.165) is 30.9 Å². The van der Waals surface area contributed by atoms with E-state index in [4.69, 9.17) is 0 Å². The number of hydrogen-bond acceptors (Lipinski definition) is 5. The van der Waals surface area contributed by atoms with Crippen LogP contribution in [0.4, 0.5) is 20.6 Å². The average molecular weight is 414 g/mol. The smallest absolute Gasteiger partial charge is 0.319 e. The van der Waals surface area contributed by atoms with Gasteiger partial charge in [-0.2, -0.15) is 4.39 Å². The minimum absolute atomic E-state index is 0.0681. The van der Waals surface area contributed by atoms with Crippen molar-refractivity contribution < 1.29 is 14.0 Å². The molecule has 0 spiro atoms. The van der Waals surface area contributed by atoms with Crippen LogP contribution in [-0.2, 0) is 6.54 Å². The second kappa shape index (κ2) is 10.0. The van der Waals surface area contributed by atoms with Gasteiger partial charge < -0.3 is 20.9 Å². The highest BCUT2D eigenvalue weighted by atomic mass is 19.1. The average Bonchev–Trinajstić information content (AvgIpc) is 2.74. The first-order valence-electron chi connectivity index (χ1n) is 10.00. The van der Waals surface area contributed by atoms with Crippen molar-refractivity contribution in [3.05, 3.63) is 53.6 Å². The predicted octanol–water partition coefficient (Wildman–Crippen LogP) is 2.04. The molecule has 9 heteroatoms. The number of piperazine rings is 1. The lowest BCUT2D eigenvalue weighted by Crippen LogP contribution is -2.46. The molecule has 160 valence electrons. The van der Waals surface area contributed by atoms with Crippen molar-refractivity contribution in [2.45, 2.75) is 13.5 Å². The largest absolute Gasteiger partial charge is 0.365 e. The van der Waals surface area contributed by atoms with E-state index in [1.165, 1.54) is 13.1 Å². The number of nitrogens with zero attached hydrogens (tertiary/aromatic N) is 3. The zero-order valence-electron chi connectivity index (χ0n) is 17.2. The topological polar surface area (TPSA) is 89.6 Å². The van der Waals surface area contributed by atoms with Crippen molar-refractivity contribution in [3.8, 4) is 0 Å². The van der Waals surface area contributed by atoms with E-state index in [9.17, 15) is 14.0 Å². The molecular formula is C21H27FN6O2. The minimum atomic E-state index is -0.631. The number of carbonyl (C=O) groups is 2. The summed E-state index contributed by atoms with van der Waals surface area (Å²) in [5.74, 6) is -1.04. The monoisotopic (exact) mass is 414 g/mol. The van der Waals surface area contributed by atoms with Gasteiger partial charge in [0.05, 0.1) is 5.69 Å². The van der Waals surface area contributed by atoms with Crippen molar-refractivity contribution in [1.29, 1.82) is 0 Å². The molecule has 1 aliphatic heterocycles. The molecular weight excluding hydrogens is 387 g/mol. The summed E-state index contributed by atoms with van der Waals surface area (Å²) in [6.45, 7) is 6.04. The van der Waals surface area contributed by atoms with Gasteiger partial charge in [-0.15, -0.1) is 0 Å². The molecule has 0 bridgehead atoms.